The molecule has 0 radical (unpaired) electrons. The van der Waals surface area contributed by atoms with Gasteiger partial charge < -0.3 is 9.30 Å². The fraction of sp³-hybridized carbons (Fsp3) is 0.0345. The SMILES string of the molecule is O=C(O/C(=C\c1nc2ccccc2n1Cc1ccc(Cl)cc1)c1ccccc1)c1ccccc1. The van der Waals surface area contributed by atoms with E-state index in [-0.39, 0.29) is 0 Å². The molecule has 166 valence electrons. The van der Waals surface area contributed by atoms with Gasteiger partial charge in [-0.3, -0.25) is 0 Å². The normalized spacial score (nSPS) is 11.5. The summed E-state index contributed by atoms with van der Waals surface area (Å²) >= 11 is 6.08. The fourth-order valence-corrected chi connectivity index (χ4v) is 3.89. The molecule has 0 unspecified atom stereocenters. The molecule has 0 fully saturated rings. The second-order valence-corrected chi connectivity index (χ2v) is 8.24. The van der Waals surface area contributed by atoms with Crippen molar-refractivity contribution >= 4 is 40.4 Å². The lowest BCUT2D eigenvalue weighted by molar-refractivity contribution is 0.0693. The lowest BCUT2D eigenvalue weighted by Crippen LogP contribution is -2.06. The third-order valence-corrected chi connectivity index (χ3v) is 5.72. The molecular formula is C29H21ClN2O2. The van der Waals surface area contributed by atoms with E-state index >= 15 is 0 Å². The molecule has 5 heteroatoms. The van der Waals surface area contributed by atoms with Gasteiger partial charge in [0.05, 0.1) is 16.6 Å². The number of ether oxygens (including phenoxy) is 1. The first-order valence-corrected chi connectivity index (χ1v) is 11.3. The van der Waals surface area contributed by atoms with Gasteiger partial charge >= 0.3 is 5.97 Å². The number of hydrogen-bond donors (Lipinski definition) is 0. The molecule has 0 aliphatic rings. The van der Waals surface area contributed by atoms with Crippen LogP contribution in [0.4, 0.5) is 0 Å². The Labute approximate surface area is 202 Å². The average molecular weight is 465 g/mol. The second kappa shape index (κ2) is 9.77. The molecule has 0 N–H and O–H groups in total. The van der Waals surface area contributed by atoms with E-state index in [1.165, 1.54) is 0 Å². The van der Waals surface area contributed by atoms with Crippen molar-refractivity contribution in [1.29, 1.82) is 0 Å². The number of carbonyl (C=O) groups excluding carboxylic acids is 1. The lowest BCUT2D eigenvalue weighted by Gasteiger charge is -2.11. The van der Waals surface area contributed by atoms with Gasteiger partial charge in [-0.25, -0.2) is 9.78 Å². The number of benzene rings is 4. The van der Waals surface area contributed by atoms with Crippen LogP contribution in [0.25, 0.3) is 22.9 Å². The summed E-state index contributed by atoms with van der Waals surface area (Å²) in [5, 5.41) is 0.693. The molecule has 0 aliphatic carbocycles. The minimum atomic E-state index is -0.420. The van der Waals surface area contributed by atoms with Crippen LogP contribution in [0.2, 0.25) is 5.02 Å². The minimum absolute atomic E-state index is 0.420. The Morgan fingerprint density at radius 3 is 2.12 bits per heavy atom. The maximum Gasteiger partial charge on any atom is 0.343 e. The van der Waals surface area contributed by atoms with Crippen molar-refractivity contribution in [3.05, 3.63) is 137 Å². The molecule has 34 heavy (non-hydrogen) atoms. The van der Waals surface area contributed by atoms with Crippen molar-refractivity contribution in [2.45, 2.75) is 6.54 Å². The molecule has 0 saturated carbocycles. The molecule has 5 rings (SSSR count). The highest BCUT2D eigenvalue weighted by atomic mass is 35.5. The van der Waals surface area contributed by atoms with E-state index in [1.54, 1.807) is 12.1 Å². The second-order valence-electron chi connectivity index (χ2n) is 7.80. The molecule has 5 aromatic rings. The monoisotopic (exact) mass is 464 g/mol. The van der Waals surface area contributed by atoms with E-state index in [4.69, 9.17) is 21.3 Å². The zero-order valence-corrected chi connectivity index (χ0v) is 19.0. The summed E-state index contributed by atoms with van der Waals surface area (Å²) in [7, 11) is 0. The number of nitrogens with zero attached hydrogens (tertiary/aromatic N) is 2. The Morgan fingerprint density at radius 2 is 1.41 bits per heavy atom. The molecule has 0 aliphatic heterocycles. The largest absolute Gasteiger partial charge is 0.422 e. The predicted molar refractivity (Wildman–Crippen MR) is 136 cm³/mol. The number of esters is 1. The number of halogens is 1. The molecule has 0 amide bonds. The van der Waals surface area contributed by atoms with Gasteiger partial charge in [-0.2, -0.15) is 0 Å². The van der Waals surface area contributed by atoms with Gasteiger partial charge in [-0.15, -0.1) is 0 Å². The number of hydrogen-bond acceptors (Lipinski definition) is 3. The van der Waals surface area contributed by atoms with Crippen LogP contribution in [0.15, 0.2) is 109 Å². The molecule has 0 spiro atoms. The summed E-state index contributed by atoms with van der Waals surface area (Å²) in [6.45, 7) is 0.595. The van der Waals surface area contributed by atoms with Crippen molar-refractivity contribution in [2.75, 3.05) is 0 Å². The topological polar surface area (TPSA) is 44.1 Å². The van der Waals surface area contributed by atoms with Crippen molar-refractivity contribution in [3.63, 3.8) is 0 Å². The average Bonchev–Trinajstić information content (AvgIpc) is 3.22. The molecule has 1 heterocycles. The van der Waals surface area contributed by atoms with Crippen LogP contribution in [-0.4, -0.2) is 15.5 Å². The zero-order chi connectivity index (χ0) is 23.3. The molecule has 1 aromatic heterocycles. The van der Waals surface area contributed by atoms with Crippen molar-refractivity contribution in [3.8, 4) is 0 Å². The highest BCUT2D eigenvalue weighted by molar-refractivity contribution is 6.30. The Morgan fingerprint density at radius 1 is 0.794 bits per heavy atom. The third kappa shape index (κ3) is 4.77. The zero-order valence-electron chi connectivity index (χ0n) is 18.3. The van der Waals surface area contributed by atoms with Gasteiger partial charge in [-0.05, 0) is 42.0 Å². The molecule has 4 nitrogen and oxygen atoms in total. The first kappa shape index (κ1) is 21.7. The summed E-state index contributed by atoms with van der Waals surface area (Å²) in [5.41, 5.74) is 4.22. The van der Waals surface area contributed by atoms with Gasteiger partial charge in [0.15, 0.2) is 0 Å². The number of rotatable bonds is 6. The van der Waals surface area contributed by atoms with E-state index in [9.17, 15) is 4.79 Å². The van der Waals surface area contributed by atoms with E-state index in [2.05, 4.69) is 4.57 Å². The van der Waals surface area contributed by atoms with Crippen molar-refractivity contribution in [2.24, 2.45) is 0 Å². The summed E-state index contributed by atoms with van der Waals surface area (Å²) in [5.74, 6) is 0.703. The Balaban J connectivity index is 1.60. The van der Waals surface area contributed by atoms with Gasteiger partial charge in [-0.1, -0.05) is 84.4 Å². The fourth-order valence-electron chi connectivity index (χ4n) is 3.77. The Bertz CT molecular complexity index is 1460. The van der Waals surface area contributed by atoms with E-state index in [0.29, 0.717) is 28.7 Å². The number of fused-ring (bicyclic) bond motifs is 1. The number of carbonyl (C=O) groups is 1. The van der Waals surface area contributed by atoms with Crippen LogP contribution in [0, 0.1) is 0 Å². The van der Waals surface area contributed by atoms with Gasteiger partial charge in [0.2, 0.25) is 0 Å². The van der Waals surface area contributed by atoms with Crippen molar-refractivity contribution in [1.82, 2.24) is 9.55 Å². The highest BCUT2D eigenvalue weighted by Gasteiger charge is 2.15. The van der Waals surface area contributed by atoms with Crippen LogP contribution in [0.3, 0.4) is 0 Å². The van der Waals surface area contributed by atoms with E-state index in [0.717, 1.165) is 22.2 Å². The maximum absolute atomic E-state index is 12.9. The third-order valence-electron chi connectivity index (χ3n) is 5.47. The Hall–Kier alpha value is -4.15. The van der Waals surface area contributed by atoms with Crippen LogP contribution < -0.4 is 0 Å². The first-order valence-electron chi connectivity index (χ1n) is 10.9. The smallest absolute Gasteiger partial charge is 0.343 e. The molecule has 4 aromatic carbocycles. The van der Waals surface area contributed by atoms with Crippen LogP contribution in [-0.2, 0) is 11.3 Å². The van der Waals surface area contributed by atoms with Crippen molar-refractivity contribution < 1.29 is 9.53 Å². The molecule has 0 bridgehead atoms. The molecule has 0 saturated heterocycles. The van der Waals surface area contributed by atoms with Gasteiger partial charge in [0.25, 0.3) is 0 Å². The standard InChI is InChI=1S/C29H21ClN2O2/c30-24-17-15-21(16-18-24)20-32-26-14-8-7-13-25(26)31-28(32)19-27(22-9-3-1-4-10-22)34-29(33)23-11-5-2-6-12-23/h1-19H,20H2/b27-19-. The first-order chi connectivity index (χ1) is 16.7. The maximum atomic E-state index is 12.9. The summed E-state index contributed by atoms with van der Waals surface area (Å²) < 4.78 is 8.00. The van der Waals surface area contributed by atoms with Crippen LogP contribution in [0.5, 0.6) is 0 Å². The summed E-state index contributed by atoms with van der Waals surface area (Å²) in [6, 6.07) is 34.3. The van der Waals surface area contributed by atoms with Gasteiger partial charge in [0.1, 0.15) is 11.6 Å². The van der Waals surface area contributed by atoms with E-state index < -0.39 is 5.97 Å². The number of aromatic nitrogens is 2. The van der Waals surface area contributed by atoms with Crippen LogP contribution in [0.1, 0.15) is 27.3 Å². The summed E-state index contributed by atoms with van der Waals surface area (Å²) in [6.07, 6.45) is 1.83. The number of imidazole rings is 1. The Kier molecular flexibility index (Phi) is 6.23. The number of para-hydroxylation sites is 2. The van der Waals surface area contributed by atoms with Crippen LogP contribution >= 0.6 is 11.6 Å². The predicted octanol–water partition coefficient (Wildman–Crippen LogP) is 7.09. The summed E-state index contributed by atoms with van der Waals surface area (Å²) in [4.78, 5) is 17.7. The lowest BCUT2D eigenvalue weighted by atomic mass is 10.1. The molecular weight excluding hydrogens is 444 g/mol. The highest BCUT2D eigenvalue weighted by Crippen LogP contribution is 2.25. The van der Waals surface area contributed by atoms with E-state index in [1.807, 2.05) is 103 Å². The molecule has 0 atom stereocenters. The quantitative estimate of drug-likeness (QED) is 0.199. The van der Waals surface area contributed by atoms with Gasteiger partial charge in [0, 0.05) is 23.2 Å². The minimum Gasteiger partial charge on any atom is -0.422 e.